The first kappa shape index (κ1) is 8.36. The Kier molecular flexibility index (Phi) is 2.90. The van der Waals surface area contributed by atoms with Crippen LogP contribution in [0.25, 0.3) is 0 Å². The molecule has 1 atom stereocenters. The molecule has 5 heteroatoms. The van der Waals surface area contributed by atoms with Crippen molar-refractivity contribution >= 4 is 23.0 Å². The van der Waals surface area contributed by atoms with Crippen molar-refractivity contribution < 1.29 is 12.9 Å². The fourth-order valence-electron chi connectivity index (χ4n) is 0.162. The maximum absolute atomic E-state index is 9.71. The smallest absolute Gasteiger partial charge is 0.151 e. The Balaban J connectivity index is 3.55. The Bertz CT molecular complexity index is 97.2. The Labute approximate surface area is 55.5 Å². The van der Waals surface area contributed by atoms with Gasteiger partial charge in [0.15, 0.2) is 5.06 Å². The summed E-state index contributed by atoms with van der Waals surface area (Å²) in [7, 11) is 0. The molecule has 0 bridgehead atoms. The van der Waals surface area contributed by atoms with Gasteiger partial charge in [0, 0.05) is 0 Å². The molecule has 1 unspecified atom stereocenters. The van der Waals surface area contributed by atoms with Gasteiger partial charge in [-0.1, -0.05) is 11.6 Å². The van der Waals surface area contributed by atoms with Crippen LogP contribution in [-0.4, -0.2) is 13.8 Å². The Morgan fingerprint density at radius 3 is 2.12 bits per heavy atom. The van der Waals surface area contributed by atoms with Gasteiger partial charge < -0.3 is 4.55 Å². The molecule has 0 rings (SSSR count). The van der Waals surface area contributed by atoms with Crippen LogP contribution >= 0.6 is 11.6 Å². The maximum Gasteiger partial charge on any atom is 0.151 e. The van der Waals surface area contributed by atoms with Crippen LogP contribution < -0.4 is 0 Å². The van der Waals surface area contributed by atoms with Gasteiger partial charge in [0.25, 0.3) is 0 Å². The van der Waals surface area contributed by atoms with Crippen molar-refractivity contribution in [3.8, 4) is 0 Å². The molecule has 0 fully saturated rings. The van der Waals surface area contributed by atoms with Crippen LogP contribution in [0.4, 0.5) is 0 Å². The molecule has 50 valence electrons. The predicted molar refractivity (Wildman–Crippen MR) is 29.9 cm³/mol. The number of rotatable bonds is 2. The third kappa shape index (κ3) is 6.36. The van der Waals surface area contributed by atoms with Crippen molar-refractivity contribution in [3.05, 3.63) is 0 Å². The molecule has 8 heavy (non-hydrogen) atoms. The largest absolute Gasteiger partial charge is 0.750 e. The lowest BCUT2D eigenvalue weighted by Gasteiger charge is -2.16. The SMILES string of the molecule is CC(C)(Cl)OS(=O)[O-]. The summed E-state index contributed by atoms with van der Waals surface area (Å²) in [5, 5.41) is -1.12. The minimum atomic E-state index is -2.52. The van der Waals surface area contributed by atoms with Gasteiger partial charge in [-0.05, 0) is 13.8 Å². The van der Waals surface area contributed by atoms with Crippen molar-refractivity contribution in [1.29, 1.82) is 0 Å². The van der Waals surface area contributed by atoms with E-state index in [1.165, 1.54) is 13.8 Å². The van der Waals surface area contributed by atoms with E-state index in [1.807, 2.05) is 0 Å². The lowest BCUT2D eigenvalue weighted by atomic mass is 10.5. The van der Waals surface area contributed by atoms with Gasteiger partial charge in [0.05, 0.1) is 11.4 Å². The minimum absolute atomic E-state index is 1.12. The van der Waals surface area contributed by atoms with Crippen LogP contribution in [0.5, 0.6) is 0 Å². The zero-order valence-electron chi connectivity index (χ0n) is 4.51. The summed E-state index contributed by atoms with van der Waals surface area (Å²) in [5.41, 5.74) is 0. The highest BCUT2D eigenvalue weighted by molar-refractivity contribution is 7.74. The van der Waals surface area contributed by atoms with Crippen LogP contribution in [0.3, 0.4) is 0 Å². The second kappa shape index (κ2) is 2.77. The summed E-state index contributed by atoms with van der Waals surface area (Å²) < 4.78 is 23.5. The Morgan fingerprint density at radius 2 is 2.12 bits per heavy atom. The molecular weight excluding hydrogens is 152 g/mol. The molecule has 0 saturated heterocycles. The first-order valence-electron chi connectivity index (χ1n) is 1.89. The summed E-state index contributed by atoms with van der Waals surface area (Å²) in [4.78, 5) is 0. The van der Waals surface area contributed by atoms with Crippen LogP contribution in [0.15, 0.2) is 0 Å². The Hall–Kier alpha value is 0.360. The van der Waals surface area contributed by atoms with E-state index in [1.54, 1.807) is 0 Å². The zero-order chi connectivity index (χ0) is 6.78. The van der Waals surface area contributed by atoms with Crippen molar-refractivity contribution in [2.24, 2.45) is 0 Å². The average Bonchev–Trinajstić information content (AvgIpc) is 1.21. The van der Waals surface area contributed by atoms with Gasteiger partial charge in [-0.15, -0.1) is 0 Å². The van der Waals surface area contributed by atoms with E-state index >= 15 is 0 Å². The quantitative estimate of drug-likeness (QED) is 0.440. The minimum Gasteiger partial charge on any atom is -0.750 e. The predicted octanol–water partition coefficient (Wildman–Crippen LogP) is 0.772. The first-order valence-corrected chi connectivity index (χ1v) is 3.27. The summed E-state index contributed by atoms with van der Waals surface area (Å²) in [5.74, 6) is 0. The van der Waals surface area contributed by atoms with Crippen molar-refractivity contribution in [1.82, 2.24) is 0 Å². The van der Waals surface area contributed by atoms with Gasteiger partial charge in [-0.2, -0.15) is 0 Å². The van der Waals surface area contributed by atoms with E-state index in [2.05, 4.69) is 4.18 Å². The highest BCUT2D eigenvalue weighted by Gasteiger charge is 2.12. The molecule has 0 aromatic carbocycles. The highest BCUT2D eigenvalue weighted by atomic mass is 35.5. The van der Waals surface area contributed by atoms with E-state index in [0.717, 1.165) is 0 Å². The molecule has 0 amide bonds. The van der Waals surface area contributed by atoms with E-state index in [4.69, 9.17) is 11.6 Å². The number of hydrogen-bond acceptors (Lipinski definition) is 3. The monoisotopic (exact) mass is 157 g/mol. The molecule has 3 nitrogen and oxygen atoms in total. The molecule has 0 aliphatic rings. The van der Waals surface area contributed by atoms with Gasteiger partial charge >= 0.3 is 0 Å². The molecule has 0 radical (unpaired) electrons. The van der Waals surface area contributed by atoms with Gasteiger partial charge in [-0.25, -0.2) is 4.21 Å². The van der Waals surface area contributed by atoms with Crippen molar-refractivity contribution in [2.45, 2.75) is 18.9 Å². The Morgan fingerprint density at radius 1 is 1.75 bits per heavy atom. The third-order valence-electron chi connectivity index (χ3n) is 0.266. The molecule has 0 aromatic heterocycles. The van der Waals surface area contributed by atoms with Crippen LogP contribution in [0, 0.1) is 0 Å². The fourth-order valence-corrected chi connectivity index (χ4v) is 0.640. The average molecular weight is 158 g/mol. The lowest BCUT2D eigenvalue weighted by Crippen LogP contribution is -2.16. The fraction of sp³-hybridized carbons (Fsp3) is 1.00. The molecule has 0 saturated carbocycles. The van der Waals surface area contributed by atoms with E-state index in [-0.39, 0.29) is 0 Å². The van der Waals surface area contributed by atoms with Crippen molar-refractivity contribution in [2.75, 3.05) is 0 Å². The molecule has 0 spiro atoms. The van der Waals surface area contributed by atoms with Crippen molar-refractivity contribution in [3.63, 3.8) is 0 Å². The summed E-state index contributed by atoms with van der Waals surface area (Å²) in [6, 6.07) is 0. The molecule has 0 heterocycles. The third-order valence-corrected chi connectivity index (χ3v) is 0.988. The van der Waals surface area contributed by atoms with Crippen LogP contribution in [0.1, 0.15) is 13.8 Å². The van der Waals surface area contributed by atoms with Crippen LogP contribution in [-0.2, 0) is 15.5 Å². The normalized spacial score (nSPS) is 16.0. The number of alkyl halides is 1. The topological polar surface area (TPSA) is 49.4 Å². The van der Waals surface area contributed by atoms with E-state index < -0.39 is 16.4 Å². The standard InChI is InChI=1S/C3H7ClO3S/c1-3(2,4)7-8(5)6/h1-2H3,(H,5,6)/p-1. The van der Waals surface area contributed by atoms with E-state index in [9.17, 15) is 8.76 Å². The summed E-state index contributed by atoms with van der Waals surface area (Å²) >= 11 is 2.80. The highest BCUT2D eigenvalue weighted by Crippen LogP contribution is 2.14. The molecule has 0 aliphatic heterocycles. The van der Waals surface area contributed by atoms with E-state index in [0.29, 0.717) is 0 Å². The first-order chi connectivity index (χ1) is 3.42. The second-order valence-corrected chi connectivity index (χ2v) is 3.14. The summed E-state index contributed by atoms with van der Waals surface area (Å²) in [6.45, 7) is 2.87. The number of halogens is 1. The van der Waals surface area contributed by atoms with Crippen LogP contribution in [0.2, 0.25) is 0 Å². The maximum atomic E-state index is 9.71. The molecular formula is C3H6ClO3S-. The van der Waals surface area contributed by atoms with Gasteiger partial charge in [-0.3, -0.25) is 4.18 Å². The number of hydrogen-bond donors (Lipinski definition) is 0. The summed E-state index contributed by atoms with van der Waals surface area (Å²) in [6.07, 6.45) is 0. The molecule has 0 N–H and O–H groups in total. The lowest BCUT2D eigenvalue weighted by molar-refractivity contribution is 0.198. The van der Waals surface area contributed by atoms with Gasteiger partial charge in [0.2, 0.25) is 0 Å². The molecule has 0 aliphatic carbocycles. The van der Waals surface area contributed by atoms with Gasteiger partial charge in [0.1, 0.15) is 0 Å². The second-order valence-electron chi connectivity index (χ2n) is 1.65. The molecule has 0 aromatic rings. The zero-order valence-corrected chi connectivity index (χ0v) is 6.08.